The molecule has 94 valence electrons. The third kappa shape index (κ3) is 2.92. The van der Waals surface area contributed by atoms with Gasteiger partial charge in [0.2, 0.25) is 0 Å². The van der Waals surface area contributed by atoms with Crippen molar-refractivity contribution in [3.63, 3.8) is 0 Å². The zero-order valence-corrected chi connectivity index (χ0v) is 11.8. The summed E-state index contributed by atoms with van der Waals surface area (Å²) in [4.78, 5) is 4.27. The van der Waals surface area contributed by atoms with E-state index in [4.69, 9.17) is 10.5 Å². The summed E-state index contributed by atoms with van der Waals surface area (Å²) in [6.07, 6.45) is 1.77. The number of nitrogen functional groups attached to an aromatic ring is 1. The summed E-state index contributed by atoms with van der Waals surface area (Å²) in [5.74, 6) is 1.40. The largest absolute Gasteiger partial charge is 0.497 e. The van der Waals surface area contributed by atoms with E-state index in [2.05, 4.69) is 26.2 Å². The van der Waals surface area contributed by atoms with Gasteiger partial charge >= 0.3 is 0 Å². The molecule has 0 aliphatic rings. The van der Waals surface area contributed by atoms with Crippen molar-refractivity contribution in [3.05, 3.63) is 40.5 Å². The van der Waals surface area contributed by atoms with Crippen LogP contribution in [0.5, 0.6) is 5.75 Å². The molecule has 0 saturated heterocycles. The molecule has 0 fully saturated rings. The maximum absolute atomic E-state index is 5.91. The van der Waals surface area contributed by atoms with Crippen LogP contribution in [-0.4, -0.2) is 12.1 Å². The predicted molar refractivity (Wildman–Crippen MR) is 77.4 cm³/mol. The summed E-state index contributed by atoms with van der Waals surface area (Å²) in [5.41, 5.74) is 8.43. The molecule has 0 spiro atoms. The molecule has 0 unspecified atom stereocenters. The van der Waals surface area contributed by atoms with E-state index < -0.39 is 0 Å². The maximum atomic E-state index is 5.91. The van der Waals surface area contributed by atoms with Crippen LogP contribution in [0.1, 0.15) is 5.56 Å². The SMILES string of the molecule is COc1cc(Br)cc(Nc2ncc(C)cc2N)c1. The van der Waals surface area contributed by atoms with Crippen molar-refractivity contribution >= 4 is 33.1 Å². The molecule has 18 heavy (non-hydrogen) atoms. The molecule has 1 heterocycles. The standard InChI is InChI=1S/C13H14BrN3O/c1-8-3-12(15)13(16-7-8)17-10-4-9(14)5-11(6-10)18-2/h3-7H,15H2,1-2H3,(H,16,17). The fourth-order valence-electron chi connectivity index (χ4n) is 1.59. The van der Waals surface area contributed by atoms with Gasteiger partial charge in [0.15, 0.2) is 5.82 Å². The van der Waals surface area contributed by atoms with Gasteiger partial charge in [-0.25, -0.2) is 4.98 Å². The van der Waals surface area contributed by atoms with Crippen molar-refractivity contribution in [1.82, 2.24) is 4.98 Å². The quantitative estimate of drug-likeness (QED) is 0.911. The number of benzene rings is 1. The molecule has 0 aliphatic heterocycles. The number of ether oxygens (including phenoxy) is 1. The van der Waals surface area contributed by atoms with Crippen molar-refractivity contribution in [3.8, 4) is 5.75 Å². The minimum atomic E-state index is 0.619. The van der Waals surface area contributed by atoms with Gasteiger partial charge in [0.1, 0.15) is 5.75 Å². The van der Waals surface area contributed by atoms with Gasteiger partial charge in [0, 0.05) is 22.4 Å². The molecule has 2 aromatic rings. The zero-order valence-electron chi connectivity index (χ0n) is 10.2. The molecule has 0 bridgehead atoms. The first kappa shape index (κ1) is 12.7. The number of methoxy groups -OCH3 is 1. The third-order valence-corrected chi connectivity index (χ3v) is 2.88. The molecule has 0 saturated carbocycles. The molecular formula is C13H14BrN3O. The smallest absolute Gasteiger partial charge is 0.153 e. The minimum Gasteiger partial charge on any atom is -0.497 e. The van der Waals surface area contributed by atoms with Crippen molar-refractivity contribution in [1.29, 1.82) is 0 Å². The zero-order chi connectivity index (χ0) is 13.1. The van der Waals surface area contributed by atoms with Crippen LogP contribution < -0.4 is 15.8 Å². The second-order valence-corrected chi connectivity index (χ2v) is 4.87. The van der Waals surface area contributed by atoms with Crippen molar-refractivity contribution in [2.45, 2.75) is 6.92 Å². The summed E-state index contributed by atoms with van der Waals surface area (Å²) < 4.78 is 6.13. The number of nitrogens with one attached hydrogen (secondary N) is 1. The molecule has 3 N–H and O–H groups in total. The monoisotopic (exact) mass is 307 g/mol. The number of hydrogen-bond acceptors (Lipinski definition) is 4. The van der Waals surface area contributed by atoms with Gasteiger partial charge in [-0.3, -0.25) is 0 Å². The Hall–Kier alpha value is -1.75. The van der Waals surface area contributed by atoms with Crippen molar-refractivity contribution in [2.24, 2.45) is 0 Å². The normalized spacial score (nSPS) is 10.2. The highest BCUT2D eigenvalue weighted by Crippen LogP contribution is 2.28. The van der Waals surface area contributed by atoms with Gasteiger partial charge in [-0.1, -0.05) is 15.9 Å². The number of aromatic nitrogens is 1. The number of anilines is 3. The maximum Gasteiger partial charge on any atom is 0.153 e. The van der Waals surface area contributed by atoms with Crippen LogP contribution >= 0.6 is 15.9 Å². The van der Waals surface area contributed by atoms with E-state index in [0.29, 0.717) is 11.5 Å². The number of hydrogen-bond donors (Lipinski definition) is 2. The fraction of sp³-hybridized carbons (Fsp3) is 0.154. The number of halogens is 1. The van der Waals surface area contributed by atoms with Crippen LogP contribution in [0.3, 0.4) is 0 Å². The van der Waals surface area contributed by atoms with E-state index in [1.54, 1.807) is 13.3 Å². The number of aryl methyl sites for hydroxylation is 1. The highest BCUT2D eigenvalue weighted by atomic mass is 79.9. The second-order valence-electron chi connectivity index (χ2n) is 3.96. The highest BCUT2D eigenvalue weighted by Gasteiger charge is 2.04. The Bertz CT molecular complexity index is 572. The predicted octanol–water partition coefficient (Wildman–Crippen LogP) is 3.49. The third-order valence-electron chi connectivity index (χ3n) is 2.42. The van der Waals surface area contributed by atoms with E-state index in [9.17, 15) is 0 Å². The Morgan fingerprint density at radius 3 is 2.72 bits per heavy atom. The number of nitrogens with two attached hydrogens (primary N) is 1. The summed E-state index contributed by atoms with van der Waals surface area (Å²) >= 11 is 3.43. The molecule has 4 nitrogen and oxygen atoms in total. The first-order valence-electron chi connectivity index (χ1n) is 5.42. The lowest BCUT2D eigenvalue weighted by atomic mass is 10.2. The average Bonchev–Trinajstić information content (AvgIpc) is 2.32. The molecule has 0 atom stereocenters. The second kappa shape index (κ2) is 5.27. The van der Waals surface area contributed by atoms with Crippen LogP contribution in [0.15, 0.2) is 34.9 Å². The van der Waals surface area contributed by atoms with E-state index in [-0.39, 0.29) is 0 Å². The summed E-state index contributed by atoms with van der Waals surface area (Å²) in [6, 6.07) is 7.58. The number of rotatable bonds is 3. The Balaban J connectivity index is 2.30. The minimum absolute atomic E-state index is 0.619. The molecule has 2 rings (SSSR count). The van der Waals surface area contributed by atoms with Gasteiger partial charge in [-0.2, -0.15) is 0 Å². The lowest BCUT2D eigenvalue weighted by molar-refractivity contribution is 0.415. The van der Waals surface area contributed by atoms with Gasteiger partial charge < -0.3 is 15.8 Å². The van der Waals surface area contributed by atoms with E-state index in [0.717, 1.165) is 21.5 Å². The molecule has 0 radical (unpaired) electrons. The summed E-state index contributed by atoms with van der Waals surface area (Å²) in [5, 5.41) is 3.17. The average molecular weight is 308 g/mol. The van der Waals surface area contributed by atoms with Gasteiger partial charge in [-0.05, 0) is 30.7 Å². The summed E-state index contributed by atoms with van der Waals surface area (Å²) in [6.45, 7) is 1.95. The topological polar surface area (TPSA) is 60.2 Å². The van der Waals surface area contributed by atoms with E-state index >= 15 is 0 Å². The van der Waals surface area contributed by atoms with E-state index in [1.807, 2.05) is 31.2 Å². The molecular weight excluding hydrogens is 294 g/mol. The fourth-order valence-corrected chi connectivity index (χ4v) is 2.06. The van der Waals surface area contributed by atoms with Crippen molar-refractivity contribution < 1.29 is 4.74 Å². The molecule has 0 aliphatic carbocycles. The lowest BCUT2D eigenvalue weighted by Crippen LogP contribution is -2.00. The highest BCUT2D eigenvalue weighted by molar-refractivity contribution is 9.10. The van der Waals surface area contributed by atoms with Crippen LogP contribution in [-0.2, 0) is 0 Å². The Labute approximate surface area is 114 Å². The Kier molecular flexibility index (Phi) is 3.72. The van der Waals surface area contributed by atoms with Gasteiger partial charge in [0.05, 0.1) is 12.8 Å². The molecule has 1 aromatic heterocycles. The van der Waals surface area contributed by atoms with Crippen LogP contribution in [0.4, 0.5) is 17.2 Å². The van der Waals surface area contributed by atoms with Crippen LogP contribution in [0, 0.1) is 6.92 Å². The number of nitrogens with zero attached hydrogens (tertiary/aromatic N) is 1. The first-order valence-corrected chi connectivity index (χ1v) is 6.21. The molecule has 5 heteroatoms. The van der Waals surface area contributed by atoms with E-state index in [1.165, 1.54) is 0 Å². The lowest BCUT2D eigenvalue weighted by Gasteiger charge is -2.10. The first-order chi connectivity index (χ1) is 8.58. The van der Waals surface area contributed by atoms with Crippen LogP contribution in [0.2, 0.25) is 0 Å². The number of pyridine rings is 1. The molecule has 0 amide bonds. The summed E-state index contributed by atoms with van der Waals surface area (Å²) in [7, 11) is 1.63. The van der Waals surface area contributed by atoms with Gasteiger partial charge in [0.25, 0.3) is 0 Å². The Morgan fingerprint density at radius 1 is 1.28 bits per heavy atom. The molecule has 1 aromatic carbocycles. The van der Waals surface area contributed by atoms with Crippen molar-refractivity contribution in [2.75, 3.05) is 18.2 Å². The van der Waals surface area contributed by atoms with Gasteiger partial charge in [-0.15, -0.1) is 0 Å². The Morgan fingerprint density at radius 2 is 2.06 bits per heavy atom. The van der Waals surface area contributed by atoms with Crippen LogP contribution in [0.25, 0.3) is 0 Å².